The van der Waals surface area contributed by atoms with Gasteiger partial charge in [0.05, 0.1) is 22.7 Å². The number of fused-ring (bicyclic) bond motifs is 1. The molecule has 4 rings (SSSR count). The number of hydrogen-bond acceptors (Lipinski definition) is 4. The van der Waals surface area contributed by atoms with Gasteiger partial charge in [-0.3, -0.25) is 19.2 Å². The highest BCUT2D eigenvalue weighted by atomic mass is 19.4. The van der Waals surface area contributed by atoms with Crippen molar-refractivity contribution >= 4 is 11.6 Å². The van der Waals surface area contributed by atoms with E-state index in [0.29, 0.717) is 10.9 Å². The van der Waals surface area contributed by atoms with Gasteiger partial charge in [-0.25, -0.2) is 9.18 Å². The van der Waals surface area contributed by atoms with Crippen LogP contribution >= 0.6 is 0 Å². The van der Waals surface area contributed by atoms with E-state index in [9.17, 15) is 31.5 Å². The first-order valence-corrected chi connectivity index (χ1v) is 10.00. The summed E-state index contributed by atoms with van der Waals surface area (Å²) in [6.45, 7) is 1.36. The minimum Gasteiger partial charge on any atom is -0.322 e. The van der Waals surface area contributed by atoms with Gasteiger partial charge in [-0.2, -0.15) is 22.0 Å². The third kappa shape index (κ3) is 3.53. The Hall–Kier alpha value is -2.08. The van der Waals surface area contributed by atoms with Crippen LogP contribution < -0.4 is 27.6 Å². The topological polar surface area (TPSA) is 84.1 Å². The normalized spacial score (nSPS) is 28.4. The lowest BCUT2D eigenvalue weighted by atomic mass is 9.93. The van der Waals surface area contributed by atoms with E-state index in [1.807, 2.05) is 0 Å². The third-order valence-corrected chi connectivity index (χ3v) is 6.49. The van der Waals surface area contributed by atoms with Crippen LogP contribution in [0.1, 0.15) is 32.2 Å². The average Bonchev–Trinajstić information content (AvgIpc) is 3.38. The lowest BCUT2D eigenvalue weighted by Crippen LogP contribution is -2.60. The number of H-pyrrole nitrogens is 1. The monoisotopic (exact) mass is 452 g/mol. The number of halogens is 6. The summed E-state index contributed by atoms with van der Waals surface area (Å²) in [5.74, 6) is -6.25. The molecule has 0 bridgehead atoms. The molecule has 31 heavy (non-hydrogen) atoms. The van der Waals surface area contributed by atoms with E-state index in [1.54, 1.807) is 6.92 Å². The number of rotatable bonds is 4. The number of aromatic nitrogens is 2. The largest absolute Gasteiger partial charge is 0.454 e. The zero-order valence-electron chi connectivity index (χ0n) is 16.6. The molecule has 0 spiro atoms. The molecule has 0 aromatic carbocycles. The lowest BCUT2D eigenvalue weighted by molar-refractivity contribution is -0.293. The molecule has 1 saturated heterocycles. The first-order valence-electron chi connectivity index (χ1n) is 10.00. The Morgan fingerprint density at radius 2 is 1.81 bits per heavy atom. The summed E-state index contributed by atoms with van der Waals surface area (Å²) in [5.41, 5.74) is 4.34. The van der Waals surface area contributed by atoms with Crippen molar-refractivity contribution in [3.63, 3.8) is 0 Å². The maximum absolute atomic E-state index is 15.1. The Morgan fingerprint density at radius 1 is 1.16 bits per heavy atom. The number of nitrogens with one attached hydrogen (secondary N) is 1. The molecule has 6 nitrogen and oxygen atoms in total. The summed E-state index contributed by atoms with van der Waals surface area (Å²) >= 11 is 0. The van der Waals surface area contributed by atoms with Crippen LogP contribution in [0.15, 0.2) is 9.59 Å². The second-order valence-corrected chi connectivity index (χ2v) is 8.55. The maximum atomic E-state index is 15.1. The molecule has 2 aliphatic carbocycles. The molecule has 2 heterocycles. The van der Waals surface area contributed by atoms with Gasteiger partial charge in [0.1, 0.15) is 6.17 Å². The number of nitrogens with zero attached hydrogens (tertiary/aromatic N) is 2. The zero-order valence-corrected chi connectivity index (χ0v) is 16.6. The molecule has 0 radical (unpaired) electrons. The minimum atomic E-state index is -5.77. The van der Waals surface area contributed by atoms with Crippen molar-refractivity contribution in [1.82, 2.24) is 14.5 Å². The Morgan fingerprint density at radius 3 is 2.39 bits per heavy atom. The average molecular weight is 452 g/mol. The molecule has 1 saturated carbocycles. The Balaban J connectivity index is 1.70. The highest BCUT2D eigenvalue weighted by Crippen LogP contribution is 2.42. The Labute approximate surface area is 172 Å². The highest BCUT2D eigenvalue weighted by molar-refractivity contribution is 5.56. The van der Waals surface area contributed by atoms with Crippen molar-refractivity contribution in [2.45, 2.75) is 62.6 Å². The summed E-state index contributed by atoms with van der Waals surface area (Å²) in [7, 11) is 0. The van der Waals surface area contributed by atoms with E-state index in [0.717, 1.165) is 18.9 Å². The van der Waals surface area contributed by atoms with Gasteiger partial charge in [0.2, 0.25) is 0 Å². The summed E-state index contributed by atoms with van der Waals surface area (Å²) in [6, 6.07) is -3.57. The van der Waals surface area contributed by atoms with E-state index in [-0.39, 0.29) is 30.8 Å². The van der Waals surface area contributed by atoms with Crippen molar-refractivity contribution in [2.75, 3.05) is 13.1 Å². The molecule has 3 N–H and O–H groups in total. The lowest BCUT2D eigenvalue weighted by Gasteiger charge is -2.34. The fourth-order valence-corrected chi connectivity index (χ4v) is 4.75. The van der Waals surface area contributed by atoms with Crippen molar-refractivity contribution < 1.29 is 26.3 Å². The van der Waals surface area contributed by atoms with Crippen LogP contribution in [-0.2, 0) is 0 Å². The number of nitrogens with two attached hydrogens (primary N) is 1. The molecule has 4 unspecified atom stereocenters. The van der Waals surface area contributed by atoms with E-state index in [2.05, 4.69) is 4.98 Å². The molecule has 1 aromatic rings. The van der Waals surface area contributed by atoms with Crippen LogP contribution in [0.5, 0.6) is 0 Å². The van der Waals surface area contributed by atoms with Crippen LogP contribution in [0.3, 0.4) is 0 Å². The predicted molar refractivity (Wildman–Crippen MR) is 99.7 cm³/mol. The standard InChI is InChI=1S/C19H22F6N4O2/c1-8-13-11(16(30)27-17(31)29(13)10-2-3-10)6-12(20)14(8)28-5-4-9(7-28)15(26)18(21,22)19(23,24)25/h6,9-10,12,14-15H,2-5,7,26H2,1H3,(H,27,30,31). The van der Waals surface area contributed by atoms with Crippen molar-refractivity contribution in [2.24, 2.45) is 11.7 Å². The summed E-state index contributed by atoms with van der Waals surface area (Å²) in [6.07, 6.45) is -4.99. The molecule has 172 valence electrons. The molecule has 1 aliphatic heterocycles. The van der Waals surface area contributed by atoms with Gasteiger partial charge in [-0.15, -0.1) is 0 Å². The molecular formula is C19H22F6N4O2. The van der Waals surface area contributed by atoms with Crippen molar-refractivity contribution in [3.8, 4) is 0 Å². The SMILES string of the molecule is CC1=c2c(c(=O)[nH]c(=O)n2C2CC2)=CC(F)C1N1CCC(C(N)C(F)(F)C(F)(F)F)C1. The second-order valence-electron chi connectivity index (χ2n) is 8.55. The third-order valence-electron chi connectivity index (χ3n) is 6.49. The van der Waals surface area contributed by atoms with Crippen molar-refractivity contribution in [3.05, 3.63) is 31.4 Å². The van der Waals surface area contributed by atoms with Crippen molar-refractivity contribution in [1.29, 1.82) is 0 Å². The smallest absolute Gasteiger partial charge is 0.322 e. The maximum Gasteiger partial charge on any atom is 0.454 e. The molecule has 4 atom stereocenters. The molecule has 12 heteroatoms. The van der Waals surface area contributed by atoms with E-state index >= 15 is 4.39 Å². The fourth-order valence-electron chi connectivity index (χ4n) is 4.75. The number of aromatic amines is 1. The zero-order chi connectivity index (χ0) is 22.9. The van der Waals surface area contributed by atoms with Crippen LogP contribution in [0, 0.1) is 5.92 Å². The summed E-state index contributed by atoms with van der Waals surface area (Å²) in [4.78, 5) is 28.3. The van der Waals surface area contributed by atoms with Crippen LogP contribution in [-0.4, -0.2) is 57.9 Å². The fraction of sp³-hybridized carbons (Fsp3) is 0.684. The van der Waals surface area contributed by atoms with E-state index < -0.39 is 47.5 Å². The second kappa shape index (κ2) is 7.22. The molecule has 1 aromatic heterocycles. The van der Waals surface area contributed by atoms with E-state index in [1.165, 1.54) is 9.47 Å². The molecule has 0 amide bonds. The summed E-state index contributed by atoms with van der Waals surface area (Å²) < 4.78 is 82.0. The van der Waals surface area contributed by atoms with Gasteiger partial charge in [0.15, 0.2) is 0 Å². The highest BCUT2D eigenvalue weighted by Gasteiger charge is 2.63. The van der Waals surface area contributed by atoms with Crippen LogP contribution in [0.25, 0.3) is 11.6 Å². The van der Waals surface area contributed by atoms with Gasteiger partial charge < -0.3 is 5.73 Å². The van der Waals surface area contributed by atoms with E-state index in [4.69, 9.17) is 5.73 Å². The first-order chi connectivity index (χ1) is 14.3. The molecule has 3 aliphatic rings. The van der Waals surface area contributed by atoms with Gasteiger partial charge in [-0.1, -0.05) is 0 Å². The van der Waals surface area contributed by atoms with Gasteiger partial charge in [-0.05, 0) is 50.3 Å². The first kappa shape index (κ1) is 22.1. The molecular weight excluding hydrogens is 430 g/mol. The van der Waals surface area contributed by atoms with Gasteiger partial charge in [0.25, 0.3) is 5.56 Å². The van der Waals surface area contributed by atoms with Crippen LogP contribution in [0.2, 0.25) is 0 Å². The molecule has 2 fully saturated rings. The predicted octanol–water partition coefficient (Wildman–Crippen LogP) is 0.390. The minimum absolute atomic E-state index is 0.0313. The number of alkyl halides is 6. The number of likely N-dealkylation sites (tertiary alicyclic amines) is 1. The van der Waals surface area contributed by atoms with Gasteiger partial charge >= 0.3 is 17.8 Å². The quantitative estimate of drug-likeness (QED) is 0.648. The van der Waals surface area contributed by atoms with Crippen LogP contribution in [0.4, 0.5) is 26.3 Å². The summed E-state index contributed by atoms with van der Waals surface area (Å²) in [5, 5.41) is 0.326. The Kier molecular flexibility index (Phi) is 5.16. The number of hydrogen-bond donors (Lipinski definition) is 2. The Bertz CT molecular complexity index is 1120. The van der Waals surface area contributed by atoms with Gasteiger partial charge in [0, 0.05) is 12.6 Å².